The maximum absolute atomic E-state index is 12.5. The molecule has 1 heterocycles. The Labute approximate surface area is 141 Å². The van der Waals surface area contributed by atoms with Crippen LogP contribution < -0.4 is 5.32 Å². The molecule has 6 nitrogen and oxygen atoms in total. The molecule has 3 rings (SSSR count). The quantitative estimate of drug-likeness (QED) is 0.915. The molecular weight excluding hydrogens is 328 g/mol. The van der Waals surface area contributed by atoms with Crippen molar-refractivity contribution in [1.29, 1.82) is 0 Å². The van der Waals surface area contributed by atoms with Gasteiger partial charge in [-0.25, -0.2) is 13.4 Å². The van der Waals surface area contributed by atoms with Gasteiger partial charge in [-0.2, -0.15) is 0 Å². The molecule has 2 atom stereocenters. The summed E-state index contributed by atoms with van der Waals surface area (Å²) in [5.41, 5.74) is 2.48. The highest BCUT2D eigenvalue weighted by molar-refractivity contribution is 7.89. The molecule has 2 aromatic rings. The van der Waals surface area contributed by atoms with E-state index in [1.807, 2.05) is 18.2 Å². The molecule has 0 saturated heterocycles. The van der Waals surface area contributed by atoms with Gasteiger partial charge in [0.2, 0.25) is 5.89 Å². The third kappa shape index (κ3) is 3.67. The summed E-state index contributed by atoms with van der Waals surface area (Å²) in [6.07, 6.45) is 4.30. The van der Waals surface area contributed by atoms with Crippen LogP contribution in [-0.4, -0.2) is 25.6 Å². The van der Waals surface area contributed by atoms with Crippen LogP contribution in [0, 0.1) is 5.92 Å². The predicted octanol–water partition coefficient (Wildman–Crippen LogP) is 2.27. The van der Waals surface area contributed by atoms with E-state index in [1.165, 1.54) is 11.8 Å². The fourth-order valence-electron chi connectivity index (χ4n) is 3.06. The van der Waals surface area contributed by atoms with E-state index in [2.05, 4.69) is 23.3 Å². The molecule has 1 aliphatic rings. The smallest absolute Gasteiger partial charge is 0.273 e. The second kappa shape index (κ2) is 6.39. The maximum atomic E-state index is 12.5. The minimum atomic E-state index is -3.25. The lowest BCUT2D eigenvalue weighted by Gasteiger charge is -2.31. The van der Waals surface area contributed by atoms with Crippen molar-refractivity contribution in [3.05, 3.63) is 53.2 Å². The van der Waals surface area contributed by atoms with Gasteiger partial charge in [0, 0.05) is 6.26 Å². The normalized spacial score (nSPS) is 20.4. The zero-order valence-corrected chi connectivity index (χ0v) is 14.5. The van der Waals surface area contributed by atoms with Crippen LogP contribution in [0.2, 0.25) is 0 Å². The van der Waals surface area contributed by atoms with Gasteiger partial charge in [-0.05, 0) is 29.9 Å². The molecule has 0 saturated carbocycles. The van der Waals surface area contributed by atoms with Crippen molar-refractivity contribution in [2.75, 3.05) is 6.26 Å². The van der Waals surface area contributed by atoms with Gasteiger partial charge in [0.05, 0.1) is 6.04 Å². The summed E-state index contributed by atoms with van der Waals surface area (Å²) < 4.78 is 27.6. The number of aryl methyl sites for hydroxylation is 1. The van der Waals surface area contributed by atoms with Gasteiger partial charge in [-0.1, -0.05) is 31.2 Å². The number of hydrogen-bond acceptors (Lipinski definition) is 5. The first kappa shape index (κ1) is 16.7. The lowest BCUT2D eigenvalue weighted by atomic mass is 9.80. The molecule has 24 heavy (non-hydrogen) atoms. The Morgan fingerprint density at radius 3 is 2.88 bits per heavy atom. The van der Waals surface area contributed by atoms with Crippen LogP contribution in [0.1, 0.15) is 46.9 Å². The minimum absolute atomic E-state index is 0.0275. The third-order valence-electron chi connectivity index (χ3n) is 4.28. The maximum Gasteiger partial charge on any atom is 0.273 e. The lowest BCUT2D eigenvalue weighted by Crippen LogP contribution is -2.35. The number of nitrogens with one attached hydrogen (secondary N) is 1. The van der Waals surface area contributed by atoms with E-state index in [0.29, 0.717) is 5.92 Å². The van der Waals surface area contributed by atoms with E-state index < -0.39 is 9.84 Å². The standard InChI is InChI=1S/C17H20N2O4S/c1-11-7-8-12-5-3-4-6-13(12)16(11)19-17(20)14-9-23-15(18-14)10-24(2,21)22/h3-6,9,11,16H,7-8,10H2,1-2H3,(H,19,20). The van der Waals surface area contributed by atoms with Crippen LogP contribution in [-0.2, 0) is 22.0 Å². The van der Waals surface area contributed by atoms with Crippen LogP contribution in [0.4, 0.5) is 0 Å². The number of carbonyl (C=O) groups is 1. The molecule has 0 fully saturated rings. The van der Waals surface area contributed by atoms with Crippen molar-refractivity contribution in [2.24, 2.45) is 5.92 Å². The third-order valence-corrected chi connectivity index (χ3v) is 5.06. The summed E-state index contributed by atoms with van der Waals surface area (Å²) in [6.45, 7) is 2.11. The Morgan fingerprint density at radius 1 is 1.38 bits per heavy atom. The zero-order chi connectivity index (χ0) is 17.3. The first-order valence-electron chi connectivity index (χ1n) is 7.84. The Bertz CT molecular complexity index is 857. The number of oxazole rings is 1. The second-order valence-electron chi connectivity index (χ2n) is 6.36. The summed E-state index contributed by atoms with van der Waals surface area (Å²) in [5, 5.41) is 3.01. The number of fused-ring (bicyclic) bond motifs is 1. The van der Waals surface area contributed by atoms with E-state index >= 15 is 0 Å². The Kier molecular flexibility index (Phi) is 4.45. The van der Waals surface area contributed by atoms with Gasteiger partial charge >= 0.3 is 0 Å². The highest BCUT2D eigenvalue weighted by Gasteiger charge is 2.28. The van der Waals surface area contributed by atoms with Crippen molar-refractivity contribution < 1.29 is 17.6 Å². The summed E-state index contributed by atoms with van der Waals surface area (Å²) in [7, 11) is -3.25. The molecule has 2 unspecified atom stereocenters. The number of aromatic nitrogens is 1. The number of benzene rings is 1. The molecule has 128 valence electrons. The fourth-order valence-corrected chi connectivity index (χ4v) is 3.64. The van der Waals surface area contributed by atoms with Gasteiger partial charge in [0.1, 0.15) is 12.0 Å². The molecule has 1 amide bonds. The van der Waals surface area contributed by atoms with Crippen molar-refractivity contribution >= 4 is 15.7 Å². The Hall–Kier alpha value is -2.15. The molecule has 0 bridgehead atoms. The van der Waals surface area contributed by atoms with Crippen LogP contribution >= 0.6 is 0 Å². The number of nitrogens with zero attached hydrogens (tertiary/aromatic N) is 1. The molecule has 1 N–H and O–H groups in total. The van der Waals surface area contributed by atoms with Gasteiger partial charge in [-0.15, -0.1) is 0 Å². The highest BCUT2D eigenvalue weighted by atomic mass is 32.2. The molecule has 1 aromatic carbocycles. The minimum Gasteiger partial charge on any atom is -0.447 e. The monoisotopic (exact) mass is 348 g/mol. The average Bonchev–Trinajstić information content (AvgIpc) is 2.96. The largest absolute Gasteiger partial charge is 0.447 e. The van der Waals surface area contributed by atoms with Crippen molar-refractivity contribution in [3.63, 3.8) is 0 Å². The Morgan fingerprint density at radius 2 is 2.12 bits per heavy atom. The number of sulfone groups is 1. The number of hydrogen-bond donors (Lipinski definition) is 1. The molecule has 0 aliphatic heterocycles. The zero-order valence-electron chi connectivity index (χ0n) is 13.7. The van der Waals surface area contributed by atoms with Crippen molar-refractivity contribution in [2.45, 2.75) is 31.6 Å². The molecule has 0 radical (unpaired) electrons. The average molecular weight is 348 g/mol. The van der Waals surface area contributed by atoms with Gasteiger partial charge in [-0.3, -0.25) is 4.79 Å². The summed E-state index contributed by atoms with van der Waals surface area (Å²) in [4.78, 5) is 16.4. The lowest BCUT2D eigenvalue weighted by molar-refractivity contribution is 0.0914. The Balaban J connectivity index is 1.78. The van der Waals surface area contributed by atoms with Crippen LogP contribution in [0.15, 0.2) is 34.9 Å². The molecule has 7 heteroatoms. The van der Waals surface area contributed by atoms with E-state index in [-0.39, 0.29) is 29.3 Å². The van der Waals surface area contributed by atoms with E-state index in [0.717, 1.165) is 24.7 Å². The SMILES string of the molecule is CC1CCc2ccccc2C1NC(=O)c1coc(CS(C)(=O)=O)n1. The second-order valence-corrected chi connectivity index (χ2v) is 8.50. The first-order valence-corrected chi connectivity index (χ1v) is 9.90. The van der Waals surface area contributed by atoms with Gasteiger partial charge in [0.25, 0.3) is 5.91 Å². The van der Waals surface area contributed by atoms with Gasteiger partial charge < -0.3 is 9.73 Å². The molecule has 1 aromatic heterocycles. The van der Waals surface area contributed by atoms with Crippen LogP contribution in [0.25, 0.3) is 0 Å². The van der Waals surface area contributed by atoms with Crippen molar-refractivity contribution in [3.8, 4) is 0 Å². The molecular formula is C17H20N2O4S. The molecule has 0 spiro atoms. The topological polar surface area (TPSA) is 89.3 Å². The fraction of sp³-hybridized carbons (Fsp3) is 0.412. The first-order chi connectivity index (χ1) is 11.3. The summed E-state index contributed by atoms with van der Waals surface area (Å²) in [5.74, 6) is -0.332. The highest BCUT2D eigenvalue weighted by Crippen LogP contribution is 2.34. The summed E-state index contributed by atoms with van der Waals surface area (Å²) >= 11 is 0. The van der Waals surface area contributed by atoms with Crippen LogP contribution in [0.3, 0.4) is 0 Å². The van der Waals surface area contributed by atoms with Crippen molar-refractivity contribution in [1.82, 2.24) is 10.3 Å². The summed E-state index contributed by atoms with van der Waals surface area (Å²) in [6, 6.07) is 8.01. The van der Waals surface area contributed by atoms with E-state index in [9.17, 15) is 13.2 Å². The number of amides is 1. The van der Waals surface area contributed by atoms with Gasteiger partial charge in [0.15, 0.2) is 15.5 Å². The van der Waals surface area contributed by atoms with Crippen LogP contribution in [0.5, 0.6) is 0 Å². The predicted molar refractivity (Wildman–Crippen MR) is 89.2 cm³/mol. The molecule has 1 aliphatic carbocycles. The number of carbonyl (C=O) groups excluding carboxylic acids is 1. The van der Waals surface area contributed by atoms with E-state index in [1.54, 1.807) is 0 Å². The number of rotatable bonds is 4. The van der Waals surface area contributed by atoms with E-state index in [4.69, 9.17) is 4.42 Å².